The zero-order chi connectivity index (χ0) is 24.1. The number of anilines is 1. The molecule has 8 nitrogen and oxygen atoms in total. The quantitative estimate of drug-likeness (QED) is 0.356. The molecule has 9 heteroatoms. The van der Waals surface area contributed by atoms with Gasteiger partial charge in [-0.3, -0.25) is 4.79 Å². The Labute approximate surface area is 197 Å². The fourth-order valence-electron chi connectivity index (χ4n) is 3.10. The number of carbonyl (C=O) groups excluding carboxylic acids is 1. The number of rotatable bonds is 8. The van der Waals surface area contributed by atoms with Gasteiger partial charge >= 0.3 is 0 Å². The van der Waals surface area contributed by atoms with E-state index in [2.05, 4.69) is 15.0 Å². The number of hydrogen-bond donors (Lipinski definition) is 2. The molecule has 0 atom stereocenters. The average molecular weight is 478 g/mol. The third-order valence-electron chi connectivity index (χ3n) is 5.04. The van der Waals surface area contributed by atoms with Crippen LogP contribution in [-0.2, 0) is 21.4 Å². The van der Waals surface area contributed by atoms with Crippen LogP contribution in [0.25, 0.3) is 17.5 Å². The second kappa shape index (κ2) is 9.90. The molecule has 0 saturated heterocycles. The average Bonchev–Trinajstić information content (AvgIpc) is 3.47. The van der Waals surface area contributed by atoms with Crippen molar-refractivity contribution in [1.29, 1.82) is 0 Å². The molecule has 2 aromatic carbocycles. The van der Waals surface area contributed by atoms with Crippen LogP contribution in [0.4, 0.5) is 5.69 Å². The van der Waals surface area contributed by atoms with Crippen molar-refractivity contribution in [3.05, 3.63) is 95.8 Å². The summed E-state index contributed by atoms with van der Waals surface area (Å²) in [4.78, 5) is 16.9. The Morgan fingerprint density at radius 1 is 1.06 bits per heavy atom. The molecule has 2 N–H and O–H groups in total. The molecule has 1 amide bonds. The van der Waals surface area contributed by atoms with E-state index in [1.54, 1.807) is 42.5 Å². The maximum absolute atomic E-state index is 12.4. The lowest BCUT2D eigenvalue weighted by Crippen LogP contribution is -2.22. The maximum atomic E-state index is 12.4. The second-order valence-electron chi connectivity index (χ2n) is 7.54. The molecule has 2 aromatic heterocycles. The number of nitrogens with zero attached hydrogens (tertiary/aromatic N) is 1. The van der Waals surface area contributed by atoms with E-state index in [0.717, 1.165) is 17.0 Å². The van der Waals surface area contributed by atoms with Gasteiger partial charge in [-0.15, -0.1) is 0 Å². The summed E-state index contributed by atoms with van der Waals surface area (Å²) in [6.45, 7) is 3.79. The molecule has 0 saturated carbocycles. The zero-order valence-corrected chi connectivity index (χ0v) is 19.4. The minimum Gasteiger partial charge on any atom is -0.468 e. The highest BCUT2D eigenvalue weighted by molar-refractivity contribution is 7.89. The van der Waals surface area contributed by atoms with Crippen LogP contribution in [0.5, 0.6) is 0 Å². The topological polar surface area (TPSA) is 114 Å². The smallest absolute Gasteiger partial charge is 0.248 e. The van der Waals surface area contributed by atoms with Gasteiger partial charge in [-0.2, -0.15) is 0 Å². The summed E-state index contributed by atoms with van der Waals surface area (Å²) in [6, 6.07) is 16.8. The normalized spacial score (nSPS) is 11.7. The summed E-state index contributed by atoms with van der Waals surface area (Å²) in [7, 11) is -3.68. The molecule has 174 valence electrons. The zero-order valence-electron chi connectivity index (χ0n) is 18.6. The van der Waals surface area contributed by atoms with E-state index in [9.17, 15) is 13.2 Å². The number of aromatic nitrogens is 1. The molecule has 0 aliphatic carbocycles. The first-order chi connectivity index (χ1) is 16.3. The third kappa shape index (κ3) is 5.69. The van der Waals surface area contributed by atoms with Gasteiger partial charge in [0.15, 0.2) is 0 Å². The van der Waals surface area contributed by atoms with Crippen LogP contribution in [0, 0.1) is 13.8 Å². The SMILES string of the molecule is Cc1nc(-c2cccc(NC(=O)/C=C/c3ccc(S(=O)(=O)NCc4ccco4)cc3)c2)oc1C. The molecule has 0 spiro atoms. The molecule has 0 bridgehead atoms. The molecule has 0 unspecified atom stereocenters. The Kier molecular flexibility index (Phi) is 6.76. The first-order valence-electron chi connectivity index (χ1n) is 10.5. The summed E-state index contributed by atoms with van der Waals surface area (Å²) in [5, 5.41) is 2.80. The van der Waals surface area contributed by atoms with Crippen LogP contribution < -0.4 is 10.0 Å². The number of sulfonamides is 1. The highest BCUT2D eigenvalue weighted by atomic mass is 32.2. The van der Waals surface area contributed by atoms with Gasteiger partial charge in [0.05, 0.1) is 23.4 Å². The Bertz CT molecular complexity index is 1400. The van der Waals surface area contributed by atoms with Crippen LogP contribution in [0.3, 0.4) is 0 Å². The molecule has 0 aliphatic rings. The fourth-order valence-corrected chi connectivity index (χ4v) is 4.10. The number of aryl methyl sites for hydroxylation is 2. The summed E-state index contributed by atoms with van der Waals surface area (Å²) in [5.74, 6) is 1.44. The molecule has 2 heterocycles. The molecular weight excluding hydrogens is 454 g/mol. The summed E-state index contributed by atoms with van der Waals surface area (Å²) >= 11 is 0. The Morgan fingerprint density at radius 3 is 2.53 bits per heavy atom. The number of amides is 1. The largest absolute Gasteiger partial charge is 0.468 e. The highest BCUT2D eigenvalue weighted by Crippen LogP contribution is 2.24. The first kappa shape index (κ1) is 23.2. The van der Waals surface area contributed by atoms with Crippen LogP contribution in [0.2, 0.25) is 0 Å². The van der Waals surface area contributed by atoms with Crippen LogP contribution in [0.15, 0.2) is 86.7 Å². The number of benzene rings is 2. The summed E-state index contributed by atoms with van der Waals surface area (Å²) in [5.41, 5.74) is 2.86. The molecule has 4 aromatic rings. The first-order valence-corrected chi connectivity index (χ1v) is 11.9. The Balaban J connectivity index is 1.37. The Morgan fingerprint density at radius 2 is 1.85 bits per heavy atom. The number of nitrogens with one attached hydrogen (secondary N) is 2. The van der Waals surface area contributed by atoms with Gasteiger partial charge in [0.2, 0.25) is 21.8 Å². The molecule has 0 radical (unpaired) electrons. The van der Waals surface area contributed by atoms with Crippen molar-refractivity contribution in [2.24, 2.45) is 0 Å². The molecule has 4 rings (SSSR count). The van der Waals surface area contributed by atoms with E-state index in [1.165, 1.54) is 24.5 Å². The molecular formula is C25H23N3O5S. The van der Waals surface area contributed by atoms with Crippen LogP contribution in [0.1, 0.15) is 22.8 Å². The van der Waals surface area contributed by atoms with Crippen molar-refractivity contribution in [3.63, 3.8) is 0 Å². The van der Waals surface area contributed by atoms with Crippen molar-refractivity contribution < 1.29 is 22.0 Å². The third-order valence-corrected chi connectivity index (χ3v) is 6.46. The predicted octanol–water partition coefficient (Wildman–Crippen LogP) is 4.68. The lowest BCUT2D eigenvalue weighted by atomic mass is 10.2. The number of hydrogen-bond acceptors (Lipinski definition) is 6. The number of oxazole rings is 1. The molecule has 0 fully saturated rings. The minimum atomic E-state index is -3.68. The van der Waals surface area contributed by atoms with Gasteiger partial charge in [0.1, 0.15) is 11.5 Å². The monoisotopic (exact) mass is 477 g/mol. The van der Waals surface area contributed by atoms with Crippen molar-refractivity contribution in [2.75, 3.05) is 5.32 Å². The summed E-state index contributed by atoms with van der Waals surface area (Å²) < 4.78 is 38.1. The van der Waals surface area contributed by atoms with Gasteiger partial charge in [-0.25, -0.2) is 18.1 Å². The van der Waals surface area contributed by atoms with E-state index in [4.69, 9.17) is 8.83 Å². The van der Waals surface area contributed by atoms with E-state index in [-0.39, 0.29) is 17.3 Å². The molecule has 0 aliphatic heterocycles. The van der Waals surface area contributed by atoms with Gasteiger partial charge in [0.25, 0.3) is 0 Å². The van der Waals surface area contributed by atoms with Gasteiger partial charge < -0.3 is 14.2 Å². The van der Waals surface area contributed by atoms with E-state index in [0.29, 0.717) is 22.9 Å². The van der Waals surface area contributed by atoms with Crippen molar-refractivity contribution in [2.45, 2.75) is 25.3 Å². The predicted molar refractivity (Wildman–Crippen MR) is 128 cm³/mol. The van der Waals surface area contributed by atoms with E-state index < -0.39 is 10.0 Å². The Hall–Kier alpha value is -3.95. The van der Waals surface area contributed by atoms with Crippen molar-refractivity contribution in [3.8, 4) is 11.5 Å². The van der Waals surface area contributed by atoms with Crippen LogP contribution >= 0.6 is 0 Å². The lowest BCUT2D eigenvalue weighted by Gasteiger charge is -2.06. The minimum absolute atomic E-state index is 0.0631. The maximum Gasteiger partial charge on any atom is 0.248 e. The highest BCUT2D eigenvalue weighted by Gasteiger charge is 2.14. The van der Waals surface area contributed by atoms with E-state index >= 15 is 0 Å². The fraction of sp³-hybridized carbons (Fsp3) is 0.120. The number of carbonyl (C=O) groups is 1. The van der Waals surface area contributed by atoms with Crippen molar-refractivity contribution in [1.82, 2.24) is 9.71 Å². The van der Waals surface area contributed by atoms with E-state index in [1.807, 2.05) is 26.0 Å². The molecule has 34 heavy (non-hydrogen) atoms. The lowest BCUT2D eigenvalue weighted by molar-refractivity contribution is -0.111. The number of furan rings is 1. The van der Waals surface area contributed by atoms with Gasteiger partial charge in [0, 0.05) is 17.3 Å². The van der Waals surface area contributed by atoms with Gasteiger partial charge in [-0.1, -0.05) is 18.2 Å². The standard InChI is InChI=1S/C25H23N3O5S/c1-17-18(2)33-25(27-17)20-5-3-6-21(15-20)28-24(29)13-10-19-8-11-23(12-9-19)34(30,31)26-16-22-7-4-14-32-22/h3-15,26H,16H2,1-2H3,(H,28,29)/b13-10+. The van der Waals surface area contributed by atoms with Crippen LogP contribution in [-0.4, -0.2) is 19.3 Å². The second-order valence-corrected chi connectivity index (χ2v) is 9.30. The van der Waals surface area contributed by atoms with Crippen molar-refractivity contribution >= 4 is 27.7 Å². The summed E-state index contributed by atoms with van der Waals surface area (Å²) in [6.07, 6.45) is 4.47. The van der Waals surface area contributed by atoms with Gasteiger partial charge in [-0.05, 0) is 68.0 Å².